The normalized spacial score (nSPS) is 11.3. The van der Waals surface area contributed by atoms with Crippen LogP contribution in [-0.2, 0) is 7.05 Å². The zero-order valence-electron chi connectivity index (χ0n) is 11.6. The average Bonchev–Trinajstić information content (AvgIpc) is 2.79. The third-order valence-electron chi connectivity index (χ3n) is 3.23. The molecule has 0 atom stereocenters. The molecule has 9 heteroatoms. The second-order valence-corrected chi connectivity index (χ2v) is 6.11. The van der Waals surface area contributed by atoms with Gasteiger partial charge in [-0.1, -0.05) is 35.0 Å². The van der Waals surface area contributed by atoms with Gasteiger partial charge in [0.1, 0.15) is 0 Å². The molecule has 22 heavy (non-hydrogen) atoms. The number of imidazole rings is 1. The second kappa shape index (κ2) is 5.49. The van der Waals surface area contributed by atoms with E-state index in [1.807, 2.05) is 6.26 Å². The summed E-state index contributed by atoms with van der Waals surface area (Å²) in [4.78, 5) is 31.8. The fourth-order valence-corrected chi connectivity index (χ4v) is 3.05. The third kappa shape index (κ3) is 2.25. The molecule has 2 aromatic heterocycles. The molecule has 114 valence electrons. The first-order valence-electron chi connectivity index (χ1n) is 6.15. The number of hydrogen-bond acceptors (Lipinski definition) is 4. The first-order chi connectivity index (χ1) is 10.4. The topological polar surface area (TPSA) is 72.7 Å². The van der Waals surface area contributed by atoms with Crippen molar-refractivity contribution in [2.45, 2.75) is 5.16 Å². The number of nitrogens with zero attached hydrogens (tertiary/aromatic N) is 3. The van der Waals surface area contributed by atoms with Crippen molar-refractivity contribution < 1.29 is 0 Å². The van der Waals surface area contributed by atoms with Crippen LogP contribution in [0.15, 0.2) is 32.9 Å². The smallest absolute Gasteiger partial charge is 0.316 e. The Balaban J connectivity index is 2.39. The Morgan fingerprint density at radius 2 is 1.95 bits per heavy atom. The van der Waals surface area contributed by atoms with Gasteiger partial charge >= 0.3 is 5.69 Å². The van der Waals surface area contributed by atoms with Gasteiger partial charge in [0.25, 0.3) is 5.56 Å². The van der Waals surface area contributed by atoms with E-state index < -0.39 is 11.2 Å². The van der Waals surface area contributed by atoms with Crippen molar-refractivity contribution in [1.82, 2.24) is 19.1 Å². The van der Waals surface area contributed by atoms with E-state index in [9.17, 15) is 9.59 Å². The maximum Gasteiger partial charge on any atom is 0.334 e. The van der Waals surface area contributed by atoms with Gasteiger partial charge in [-0.2, -0.15) is 0 Å². The average molecular weight is 357 g/mol. The number of fused-ring (bicyclic) bond motifs is 1. The molecule has 0 spiro atoms. The number of nitrogens with one attached hydrogen (secondary N) is 1. The van der Waals surface area contributed by atoms with Crippen LogP contribution >= 0.6 is 35.0 Å². The summed E-state index contributed by atoms with van der Waals surface area (Å²) in [5.41, 5.74) is -0.128. The summed E-state index contributed by atoms with van der Waals surface area (Å²) in [6.07, 6.45) is 1.84. The number of rotatable bonds is 2. The largest absolute Gasteiger partial charge is 0.334 e. The van der Waals surface area contributed by atoms with E-state index in [0.717, 1.165) is 4.57 Å². The number of aromatic nitrogens is 4. The molecule has 6 nitrogen and oxygen atoms in total. The number of thioether (sulfide) groups is 1. The summed E-state index contributed by atoms with van der Waals surface area (Å²) < 4.78 is 2.66. The SMILES string of the molecule is CSc1nc2[nH]c(=O)n(-c3ccc(Cl)c(Cl)c3)c(=O)c2n1C. The lowest BCUT2D eigenvalue weighted by molar-refractivity contribution is 0.806. The molecule has 0 unspecified atom stereocenters. The van der Waals surface area contributed by atoms with E-state index in [2.05, 4.69) is 9.97 Å². The van der Waals surface area contributed by atoms with Crippen LogP contribution in [0.3, 0.4) is 0 Å². The van der Waals surface area contributed by atoms with Crippen LogP contribution in [0.2, 0.25) is 10.0 Å². The highest BCUT2D eigenvalue weighted by atomic mass is 35.5. The van der Waals surface area contributed by atoms with Crippen molar-refractivity contribution in [2.24, 2.45) is 7.05 Å². The highest BCUT2D eigenvalue weighted by molar-refractivity contribution is 7.98. The molecule has 0 saturated carbocycles. The number of aryl methyl sites for hydroxylation is 1. The predicted octanol–water partition coefficient (Wildman–Crippen LogP) is 2.44. The monoisotopic (exact) mass is 356 g/mol. The standard InChI is InChI=1S/C13H10Cl2N4O2S/c1-18-9-10(17-13(18)22-2)16-12(21)19(11(9)20)6-3-4-7(14)8(15)5-6/h3-5H,1-2H3,(H,16,21). The van der Waals surface area contributed by atoms with Crippen LogP contribution in [-0.4, -0.2) is 25.4 Å². The Hall–Kier alpha value is -1.70. The van der Waals surface area contributed by atoms with Gasteiger partial charge < -0.3 is 4.57 Å². The number of aromatic amines is 1. The third-order valence-corrected chi connectivity index (χ3v) is 4.70. The quantitative estimate of drug-likeness (QED) is 0.715. The fraction of sp³-hybridized carbons (Fsp3) is 0.154. The van der Waals surface area contributed by atoms with Gasteiger partial charge in [0, 0.05) is 7.05 Å². The minimum absolute atomic E-state index is 0.262. The van der Waals surface area contributed by atoms with E-state index in [1.165, 1.54) is 23.9 Å². The molecule has 3 rings (SSSR count). The van der Waals surface area contributed by atoms with Gasteiger partial charge in [-0.15, -0.1) is 0 Å². The Labute approximate surface area is 138 Å². The Bertz CT molecular complexity index is 1010. The molecule has 0 fully saturated rings. The molecular formula is C13H10Cl2N4O2S. The number of H-pyrrole nitrogens is 1. The zero-order chi connectivity index (χ0) is 16.0. The van der Waals surface area contributed by atoms with Gasteiger partial charge in [-0.25, -0.2) is 14.3 Å². The molecule has 1 aromatic carbocycles. The van der Waals surface area contributed by atoms with E-state index in [0.29, 0.717) is 21.4 Å². The molecule has 0 aliphatic heterocycles. The van der Waals surface area contributed by atoms with Gasteiger partial charge in [-0.3, -0.25) is 9.78 Å². The summed E-state index contributed by atoms with van der Waals surface area (Å²) >= 11 is 13.2. The van der Waals surface area contributed by atoms with E-state index in [-0.39, 0.29) is 10.7 Å². The molecule has 0 aliphatic rings. The molecule has 0 radical (unpaired) electrons. The van der Waals surface area contributed by atoms with Crippen molar-refractivity contribution in [3.63, 3.8) is 0 Å². The molecule has 0 aliphatic carbocycles. The summed E-state index contributed by atoms with van der Waals surface area (Å²) in [5.74, 6) is 0. The summed E-state index contributed by atoms with van der Waals surface area (Å²) in [7, 11) is 1.72. The molecule has 1 N–H and O–H groups in total. The minimum Gasteiger partial charge on any atom is -0.316 e. The van der Waals surface area contributed by atoms with Gasteiger partial charge in [-0.05, 0) is 24.5 Å². The Morgan fingerprint density at radius 3 is 2.59 bits per heavy atom. The summed E-state index contributed by atoms with van der Waals surface area (Å²) in [6.45, 7) is 0. The molecule has 0 bridgehead atoms. The van der Waals surface area contributed by atoms with Crippen molar-refractivity contribution in [3.05, 3.63) is 49.1 Å². The molecular weight excluding hydrogens is 347 g/mol. The maximum atomic E-state index is 12.7. The van der Waals surface area contributed by atoms with Crippen molar-refractivity contribution in [3.8, 4) is 5.69 Å². The van der Waals surface area contributed by atoms with Crippen LogP contribution in [0.4, 0.5) is 0 Å². The van der Waals surface area contributed by atoms with Crippen molar-refractivity contribution in [2.75, 3.05) is 6.26 Å². The lowest BCUT2D eigenvalue weighted by atomic mass is 10.3. The summed E-state index contributed by atoms with van der Waals surface area (Å²) in [6, 6.07) is 4.56. The van der Waals surface area contributed by atoms with Crippen LogP contribution in [0.1, 0.15) is 0 Å². The molecule has 2 heterocycles. The first kappa shape index (κ1) is 15.2. The zero-order valence-corrected chi connectivity index (χ0v) is 13.9. The Morgan fingerprint density at radius 1 is 1.23 bits per heavy atom. The minimum atomic E-state index is -0.582. The number of halogens is 2. The van der Waals surface area contributed by atoms with Crippen LogP contribution in [0.5, 0.6) is 0 Å². The van der Waals surface area contributed by atoms with Crippen molar-refractivity contribution in [1.29, 1.82) is 0 Å². The molecule has 3 aromatic rings. The van der Waals surface area contributed by atoms with Gasteiger partial charge in [0.2, 0.25) is 0 Å². The second-order valence-electron chi connectivity index (χ2n) is 4.52. The first-order valence-corrected chi connectivity index (χ1v) is 8.13. The van der Waals surface area contributed by atoms with E-state index in [4.69, 9.17) is 23.2 Å². The number of benzene rings is 1. The van der Waals surface area contributed by atoms with Crippen LogP contribution in [0, 0.1) is 0 Å². The van der Waals surface area contributed by atoms with Crippen LogP contribution in [0.25, 0.3) is 16.9 Å². The highest BCUT2D eigenvalue weighted by Gasteiger charge is 2.16. The molecule has 0 amide bonds. The van der Waals surface area contributed by atoms with Gasteiger partial charge in [0.15, 0.2) is 16.3 Å². The van der Waals surface area contributed by atoms with E-state index >= 15 is 0 Å². The lowest BCUT2D eigenvalue weighted by Crippen LogP contribution is -2.34. The Kier molecular flexibility index (Phi) is 3.80. The lowest BCUT2D eigenvalue weighted by Gasteiger charge is -2.06. The van der Waals surface area contributed by atoms with Crippen molar-refractivity contribution >= 4 is 46.1 Å². The summed E-state index contributed by atoms with van der Waals surface area (Å²) in [5, 5.41) is 1.25. The van der Waals surface area contributed by atoms with Gasteiger partial charge in [0.05, 0.1) is 15.7 Å². The predicted molar refractivity (Wildman–Crippen MR) is 88.7 cm³/mol. The fourth-order valence-electron chi connectivity index (χ4n) is 2.21. The van der Waals surface area contributed by atoms with E-state index in [1.54, 1.807) is 17.7 Å². The number of hydrogen-bond donors (Lipinski definition) is 1. The maximum absolute atomic E-state index is 12.7. The molecule has 0 saturated heterocycles. The highest BCUT2D eigenvalue weighted by Crippen LogP contribution is 2.23. The van der Waals surface area contributed by atoms with Crippen LogP contribution < -0.4 is 11.2 Å².